The predicted molar refractivity (Wildman–Crippen MR) is 127 cm³/mol. The van der Waals surface area contributed by atoms with Crippen LogP contribution in [-0.2, 0) is 17.6 Å². The first-order valence-corrected chi connectivity index (χ1v) is 12.9. The normalized spacial score (nSPS) is 27.5. The molecule has 31 heavy (non-hydrogen) atoms. The molecule has 1 saturated heterocycles. The summed E-state index contributed by atoms with van der Waals surface area (Å²) >= 11 is 0. The van der Waals surface area contributed by atoms with Crippen LogP contribution in [0.15, 0.2) is 18.2 Å². The van der Waals surface area contributed by atoms with Gasteiger partial charge in [0, 0.05) is 23.9 Å². The highest BCUT2D eigenvalue weighted by Gasteiger charge is 2.34. The summed E-state index contributed by atoms with van der Waals surface area (Å²) in [7, 11) is 1.76. The molecule has 2 fully saturated rings. The Morgan fingerprint density at radius 2 is 1.81 bits per heavy atom. The Hall–Kier alpha value is -1.39. The van der Waals surface area contributed by atoms with E-state index in [4.69, 9.17) is 4.74 Å². The molecule has 4 rings (SSSR count). The van der Waals surface area contributed by atoms with Gasteiger partial charge in [0.2, 0.25) is 0 Å². The molecule has 0 aromatic heterocycles. The molecule has 1 aromatic carbocycles. The second kappa shape index (κ2) is 11.0. The lowest BCUT2D eigenvalue weighted by Gasteiger charge is -2.40. The van der Waals surface area contributed by atoms with E-state index in [1.807, 2.05) is 0 Å². The zero-order valence-corrected chi connectivity index (χ0v) is 19.7. The standard InChI is InChI=1S/C27H42N2O2/c1-3-17-29(25-11-7-20-9-12-26(31-2)19-23(20)18-25)24-6-4-5-21(8-10-24)27(30)22-13-15-28-16-14-22/h9,12,19,21-22,24-25,28H,3-8,10-11,13-18H2,1-2H3/t21?,24?,25-/m1/s1. The summed E-state index contributed by atoms with van der Waals surface area (Å²) in [5, 5.41) is 3.40. The predicted octanol–water partition coefficient (Wildman–Crippen LogP) is 4.78. The molecule has 2 unspecified atom stereocenters. The second-order valence-corrected chi connectivity index (χ2v) is 10.1. The van der Waals surface area contributed by atoms with Crippen LogP contribution in [0.4, 0.5) is 0 Å². The molecule has 1 saturated carbocycles. The number of piperidine rings is 1. The highest BCUT2D eigenvalue weighted by Crippen LogP contribution is 2.34. The molecule has 1 N–H and O–H groups in total. The van der Waals surface area contributed by atoms with Crippen LogP contribution in [0.5, 0.6) is 5.75 Å². The van der Waals surface area contributed by atoms with E-state index in [9.17, 15) is 4.79 Å². The molecule has 1 aromatic rings. The third-order valence-corrected chi connectivity index (χ3v) is 8.12. The van der Waals surface area contributed by atoms with Gasteiger partial charge >= 0.3 is 0 Å². The molecule has 3 atom stereocenters. The maximum atomic E-state index is 13.2. The van der Waals surface area contributed by atoms with Crippen LogP contribution in [0.1, 0.15) is 75.8 Å². The SMILES string of the molecule is CCCN(C1CCCC(C(=O)C2CCNCC2)CC1)[C@@H]1CCc2ccc(OC)cc2C1. The minimum Gasteiger partial charge on any atom is -0.497 e. The van der Waals surface area contributed by atoms with E-state index < -0.39 is 0 Å². The molecule has 2 aliphatic carbocycles. The number of Topliss-reactive ketones (excluding diaryl/α,β-unsaturated/α-hetero) is 1. The van der Waals surface area contributed by atoms with Crippen molar-refractivity contribution in [3.05, 3.63) is 29.3 Å². The molecule has 0 radical (unpaired) electrons. The quantitative estimate of drug-likeness (QED) is 0.637. The van der Waals surface area contributed by atoms with E-state index in [0.29, 0.717) is 29.7 Å². The van der Waals surface area contributed by atoms with E-state index in [1.165, 1.54) is 56.2 Å². The van der Waals surface area contributed by atoms with Crippen LogP contribution in [0.25, 0.3) is 0 Å². The van der Waals surface area contributed by atoms with Gasteiger partial charge in [0.15, 0.2) is 0 Å². The number of ketones is 1. The largest absolute Gasteiger partial charge is 0.497 e. The Kier molecular flexibility index (Phi) is 8.06. The van der Waals surface area contributed by atoms with Gasteiger partial charge in [0.05, 0.1) is 7.11 Å². The Balaban J connectivity index is 1.40. The Morgan fingerprint density at radius 3 is 2.58 bits per heavy atom. The summed E-state index contributed by atoms with van der Waals surface area (Å²) in [6, 6.07) is 7.89. The number of fused-ring (bicyclic) bond motifs is 1. The lowest BCUT2D eigenvalue weighted by atomic mass is 9.83. The first-order chi connectivity index (χ1) is 15.2. The number of hydrogen-bond donors (Lipinski definition) is 1. The van der Waals surface area contributed by atoms with E-state index >= 15 is 0 Å². The minimum atomic E-state index is 0.313. The van der Waals surface area contributed by atoms with Crippen molar-refractivity contribution in [1.82, 2.24) is 10.2 Å². The van der Waals surface area contributed by atoms with Crippen LogP contribution in [0, 0.1) is 11.8 Å². The van der Waals surface area contributed by atoms with Crippen LogP contribution in [0.2, 0.25) is 0 Å². The molecule has 4 heteroatoms. The molecule has 172 valence electrons. The number of ether oxygens (including phenoxy) is 1. The number of hydrogen-bond acceptors (Lipinski definition) is 4. The molecule has 0 amide bonds. The van der Waals surface area contributed by atoms with Gasteiger partial charge in [-0.25, -0.2) is 0 Å². The molecule has 0 bridgehead atoms. The highest BCUT2D eigenvalue weighted by molar-refractivity contribution is 5.83. The molecule has 1 aliphatic heterocycles. The summed E-state index contributed by atoms with van der Waals surface area (Å²) in [6.07, 6.45) is 12.8. The summed E-state index contributed by atoms with van der Waals surface area (Å²) in [5.74, 6) is 2.20. The summed E-state index contributed by atoms with van der Waals surface area (Å²) in [5.41, 5.74) is 2.98. The highest BCUT2D eigenvalue weighted by atomic mass is 16.5. The average molecular weight is 427 g/mol. The maximum absolute atomic E-state index is 13.2. The van der Waals surface area contributed by atoms with Gasteiger partial charge in [-0.3, -0.25) is 9.69 Å². The van der Waals surface area contributed by atoms with Gasteiger partial charge in [-0.05, 0) is 107 Å². The van der Waals surface area contributed by atoms with E-state index in [0.717, 1.165) is 50.9 Å². The van der Waals surface area contributed by atoms with Gasteiger partial charge in [-0.15, -0.1) is 0 Å². The van der Waals surface area contributed by atoms with Crippen molar-refractivity contribution in [3.8, 4) is 5.75 Å². The van der Waals surface area contributed by atoms with Crippen LogP contribution >= 0.6 is 0 Å². The van der Waals surface area contributed by atoms with Gasteiger partial charge in [0.25, 0.3) is 0 Å². The number of methoxy groups -OCH3 is 1. The van der Waals surface area contributed by atoms with Gasteiger partial charge in [-0.2, -0.15) is 0 Å². The fourth-order valence-corrected chi connectivity index (χ4v) is 6.38. The number of nitrogens with one attached hydrogen (secondary N) is 1. The lowest BCUT2D eigenvalue weighted by molar-refractivity contribution is -0.128. The zero-order chi connectivity index (χ0) is 21.6. The second-order valence-electron chi connectivity index (χ2n) is 10.1. The Bertz CT molecular complexity index is 728. The van der Waals surface area contributed by atoms with Crippen molar-refractivity contribution in [2.24, 2.45) is 11.8 Å². The molecule has 3 aliphatic rings. The summed E-state index contributed by atoms with van der Waals surface area (Å²) in [6.45, 7) is 5.53. The first kappa shape index (κ1) is 22.8. The summed E-state index contributed by atoms with van der Waals surface area (Å²) < 4.78 is 5.49. The topological polar surface area (TPSA) is 41.6 Å². The number of carbonyl (C=O) groups is 1. The van der Waals surface area contributed by atoms with Crippen molar-refractivity contribution in [2.45, 2.75) is 89.6 Å². The monoisotopic (exact) mass is 426 g/mol. The molecule has 1 heterocycles. The van der Waals surface area contributed by atoms with Gasteiger partial charge in [0.1, 0.15) is 11.5 Å². The molecule has 0 spiro atoms. The van der Waals surface area contributed by atoms with Crippen molar-refractivity contribution in [1.29, 1.82) is 0 Å². The van der Waals surface area contributed by atoms with Crippen molar-refractivity contribution in [2.75, 3.05) is 26.7 Å². The Labute approximate surface area is 189 Å². The van der Waals surface area contributed by atoms with Crippen molar-refractivity contribution >= 4 is 5.78 Å². The fraction of sp³-hybridized carbons (Fsp3) is 0.741. The van der Waals surface area contributed by atoms with Crippen molar-refractivity contribution < 1.29 is 9.53 Å². The van der Waals surface area contributed by atoms with E-state index in [-0.39, 0.29) is 0 Å². The number of aryl methyl sites for hydroxylation is 1. The smallest absolute Gasteiger partial charge is 0.139 e. The minimum absolute atomic E-state index is 0.313. The number of carbonyl (C=O) groups excluding carboxylic acids is 1. The van der Waals surface area contributed by atoms with Crippen LogP contribution < -0.4 is 10.1 Å². The molecule has 4 nitrogen and oxygen atoms in total. The maximum Gasteiger partial charge on any atom is 0.139 e. The van der Waals surface area contributed by atoms with Gasteiger partial charge in [-0.1, -0.05) is 19.4 Å². The Morgan fingerprint density at radius 1 is 1.00 bits per heavy atom. The number of nitrogens with zero attached hydrogens (tertiary/aromatic N) is 1. The fourth-order valence-electron chi connectivity index (χ4n) is 6.38. The first-order valence-electron chi connectivity index (χ1n) is 12.9. The number of benzene rings is 1. The van der Waals surface area contributed by atoms with Gasteiger partial charge < -0.3 is 10.1 Å². The number of rotatable bonds is 7. The third kappa shape index (κ3) is 5.51. The average Bonchev–Trinajstić information content (AvgIpc) is 3.08. The van der Waals surface area contributed by atoms with Crippen LogP contribution in [-0.4, -0.2) is 49.5 Å². The van der Waals surface area contributed by atoms with E-state index in [2.05, 4.69) is 35.3 Å². The van der Waals surface area contributed by atoms with Crippen molar-refractivity contribution in [3.63, 3.8) is 0 Å². The molecular weight excluding hydrogens is 384 g/mol. The lowest BCUT2D eigenvalue weighted by Crippen LogP contribution is -2.46. The van der Waals surface area contributed by atoms with E-state index in [1.54, 1.807) is 7.11 Å². The third-order valence-electron chi connectivity index (χ3n) is 8.12. The zero-order valence-electron chi connectivity index (χ0n) is 19.7. The van der Waals surface area contributed by atoms with Crippen LogP contribution in [0.3, 0.4) is 0 Å². The molecular formula is C27H42N2O2. The summed E-state index contributed by atoms with van der Waals surface area (Å²) in [4.78, 5) is 16.0.